The summed E-state index contributed by atoms with van der Waals surface area (Å²) in [6, 6.07) is 8.93. The number of imide groups is 1. The number of methoxy groups -OCH3 is 1. The Morgan fingerprint density at radius 3 is 2.68 bits per heavy atom. The number of H-pyrrole nitrogens is 1. The second-order valence-corrected chi connectivity index (χ2v) is 6.71. The van der Waals surface area contributed by atoms with Crippen LogP contribution in [0.3, 0.4) is 0 Å². The maximum atomic E-state index is 12.8. The second-order valence-electron chi connectivity index (χ2n) is 6.71. The van der Waals surface area contributed by atoms with E-state index in [1.54, 1.807) is 18.1 Å². The van der Waals surface area contributed by atoms with Crippen molar-refractivity contribution in [2.24, 2.45) is 0 Å². The number of cyclic esters (lactones) is 1. The van der Waals surface area contributed by atoms with Crippen LogP contribution in [0.5, 0.6) is 5.75 Å². The first-order chi connectivity index (χ1) is 13.6. The number of carbonyl (C=O) groups is 3. The molecule has 0 radical (unpaired) electrons. The van der Waals surface area contributed by atoms with E-state index in [4.69, 9.17) is 9.47 Å². The van der Waals surface area contributed by atoms with Gasteiger partial charge >= 0.3 is 6.09 Å². The average molecular weight is 384 g/mol. The van der Waals surface area contributed by atoms with Crippen LogP contribution in [0.1, 0.15) is 23.3 Å². The molecule has 0 saturated carbocycles. The summed E-state index contributed by atoms with van der Waals surface area (Å²) < 4.78 is 10.1. The molecule has 4 rings (SSSR count). The molecule has 9 heteroatoms. The summed E-state index contributed by atoms with van der Waals surface area (Å²) in [5.74, 6) is 0.197. The van der Waals surface area contributed by atoms with Crippen molar-refractivity contribution in [2.75, 3.05) is 26.8 Å². The number of aromatic amines is 1. The first-order valence-electron chi connectivity index (χ1n) is 9.05. The molecule has 9 nitrogen and oxygen atoms in total. The van der Waals surface area contributed by atoms with Crippen molar-refractivity contribution in [3.63, 3.8) is 0 Å². The molecule has 146 valence electrons. The third-order valence-corrected chi connectivity index (χ3v) is 5.09. The standard InChI is InChI=1S/C19H20N4O5/c1-27-16-5-3-2-4-13(16)14-10-15(21-20-14)18(25)22-8-6-12(7-9-22)23-17(24)11-28-19(23)26/h2-5,10,12H,6-9,11H2,1H3,(H,20,21). The van der Waals surface area contributed by atoms with Crippen LogP contribution in [0.4, 0.5) is 4.79 Å². The summed E-state index contributed by atoms with van der Waals surface area (Å²) in [4.78, 5) is 39.2. The zero-order valence-corrected chi connectivity index (χ0v) is 15.4. The molecule has 0 unspecified atom stereocenters. The molecule has 1 N–H and O–H groups in total. The van der Waals surface area contributed by atoms with Crippen LogP contribution in [-0.4, -0.2) is 70.8 Å². The summed E-state index contributed by atoms with van der Waals surface area (Å²) in [6.07, 6.45) is 0.463. The normalized spacial score (nSPS) is 17.8. The first kappa shape index (κ1) is 18.0. The van der Waals surface area contributed by atoms with Crippen molar-refractivity contribution in [3.05, 3.63) is 36.0 Å². The quantitative estimate of drug-likeness (QED) is 0.860. The first-order valence-corrected chi connectivity index (χ1v) is 9.05. The number of likely N-dealkylation sites (tertiary alicyclic amines) is 1. The van der Waals surface area contributed by atoms with E-state index in [2.05, 4.69) is 10.2 Å². The molecule has 0 bridgehead atoms. The minimum atomic E-state index is -0.593. The highest BCUT2D eigenvalue weighted by Gasteiger charge is 2.39. The third kappa shape index (κ3) is 3.19. The lowest BCUT2D eigenvalue weighted by Crippen LogP contribution is -2.48. The van der Waals surface area contributed by atoms with Crippen LogP contribution in [0.25, 0.3) is 11.3 Å². The second kappa shape index (κ2) is 7.34. The number of benzene rings is 1. The van der Waals surface area contributed by atoms with Crippen LogP contribution in [0, 0.1) is 0 Å². The highest BCUT2D eigenvalue weighted by molar-refractivity contribution is 5.98. The molecule has 1 aromatic heterocycles. The van der Waals surface area contributed by atoms with Crippen LogP contribution in [0.2, 0.25) is 0 Å². The van der Waals surface area contributed by atoms with Gasteiger partial charge in [0.05, 0.1) is 12.8 Å². The van der Waals surface area contributed by atoms with Crippen molar-refractivity contribution < 1.29 is 23.9 Å². The van der Waals surface area contributed by atoms with E-state index in [0.717, 1.165) is 5.56 Å². The van der Waals surface area contributed by atoms with Gasteiger partial charge in [-0.15, -0.1) is 0 Å². The van der Waals surface area contributed by atoms with Gasteiger partial charge in [-0.2, -0.15) is 5.10 Å². The fraction of sp³-hybridized carbons (Fsp3) is 0.368. The van der Waals surface area contributed by atoms with Crippen LogP contribution in [-0.2, 0) is 9.53 Å². The molecule has 3 heterocycles. The zero-order chi connectivity index (χ0) is 19.7. The van der Waals surface area contributed by atoms with E-state index in [1.807, 2.05) is 24.3 Å². The summed E-state index contributed by atoms with van der Waals surface area (Å²) in [7, 11) is 1.59. The highest BCUT2D eigenvalue weighted by atomic mass is 16.6. The molecule has 1 aromatic carbocycles. The molecule has 2 aliphatic heterocycles. The lowest BCUT2D eigenvalue weighted by Gasteiger charge is -2.34. The van der Waals surface area contributed by atoms with Crippen molar-refractivity contribution in [3.8, 4) is 17.0 Å². The van der Waals surface area contributed by atoms with Crippen LogP contribution >= 0.6 is 0 Å². The number of hydrogen-bond acceptors (Lipinski definition) is 6. The van der Waals surface area contributed by atoms with Gasteiger partial charge in [-0.05, 0) is 31.0 Å². The SMILES string of the molecule is COc1ccccc1-c1cc(C(=O)N2CCC(N3C(=O)COC3=O)CC2)[nH]n1. The zero-order valence-electron chi connectivity index (χ0n) is 15.4. The number of para-hydroxylation sites is 1. The number of piperidine rings is 1. The molecule has 2 aromatic rings. The smallest absolute Gasteiger partial charge is 0.417 e. The van der Waals surface area contributed by atoms with E-state index in [0.29, 0.717) is 43.1 Å². The molecule has 0 aliphatic carbocycles. The van der Waals surface area contributed by atoms with E-state index < -0.39 is 6.09 Å². The monoisotopic (exact) mass is 384 g/mol. The maximum Gasteiger partial charge on any atom is 0.417 e. The van der Waals surface area contributed by atoms with Gasteiger partial charge in [-0.3, -0.25) is 14.7 Å². The predicted octanol–water partition coefficient (Wildman–Crippen LogP) is 1.67. The van der Waals surface area contributed by atoms with Gasteiger partial charge in [0.1, 0.15) is 11.4 Å². The molecule has 2 fully saturated rings. The van der Waals surface area contributed by atoms with Crippen LogP contribution in [0.15, 0.2) is 30.3 Å². The van der Waals surface area contributed by atoms with Gasteiger partial charge in [0.2, 0.25) is 0 Å². The number of ether oxygens (including phenoxy) is 2. The van der Waals surface area contributed by atoms with Gasteiger partial charge in [-0.25, -0.2) is 9.69 Å². The Bertz CT molecular complexity index is 901. The Labute approximate surface area is 161 Å². The van der Waals surface area contributed by atoms with E-state index in [1.165, 1.54) is 4.90 Å². The molecular weight excluding hydrogens is 364 g/mol. The largest absolute Gasteiger partial charge is 0.496 e. The lowest BCUT2D eigenvalue weighted by molar-refractivity contribution is -0.127. The van der Waals surface area contributed by atoms with Gasteiger partial charge in [0.25, 0.3) is 11.8 Å². The Hall–Kier alpha value is -3.36. The minimum absolute atomic E-state index is 0.164. The molecule has 28 heavy (non-hydrogen) atoms. The molecule has 0 atom stereocenters. The number of nitrogens with zero attached hydrogens (tertiary/aromatic N) is 3. The fourth-order valence-electron chi connectivity index (χ4n) is 3.64. The Kier molecular flexibility index (Phi) is 4.72. The lowest BCUT2D eigenvalue weighted by atomic mass is 10.0. The van der Waals surface area contributed by atoms with Gasteiger partial charge in [-0.1, -0.05) is 12.1 Å². The van der Waals surface area contributed by atoms with Gasteiger partial charge in [0, 0.05) is 24.7 Å². The molecular formula is C19H20N4O5. The van der Waals surface area contributed by atoms with E-state index in [-0.39, 0.29) is 24.5 Å². The highest BCUT2D eigenvalue weighted by Crippen LogP contribution is 2.29. The molecule has 2 saturated heterocycles. The number of carbonyl (C=O) groups excluding carboxylic acids is 3. The topological polar surface area (TPSA) is 105 Å². The molecule has 2 aliphatic rings. The van der Waals surface area contributed by atoms with Crippen molar-refractivity contribution in [2.45, 2.75) is 18.9 Å². The summed E-state index contributed by atoms with van der Waals surface area (Å²) in [6.45, 7) is 0.699. The van der Waals surface area contributed by atoms with E-state index >= 15 is 0 Å². The van der Waals surface area contributed by atoms with Crippen LogP contribution < -0.4 is 4.74 Å². The molecule has 3 amide bonds. The van der Waals surface area contributed by atoms with Gasteiger partial charge in [0.15, 0.2) is 6.61 Å². The maximum absolute atomic E-state index is 12.8. The van der Waals surface area contributed by atoms with E-state index in [9.17, 15) is 14.4 Å². The number of rotatable bonds is 4. The predicted molar refractivity (Wildman–Crippen MR) is 97.7 cm³/mol. The molecule has 0 spiro atoms. The number of nitrogens with one attached hydrogen (secondary N) is 1. The minimum Gasteiger partial charge on any atom is -0.496 e. The summed E-state index contributed by atoms with van der Waals surface area (Å²) in [5.41, 5.74) is 1.81. The van der Waals surface area contributed by atoms with Crippen molar-refractivity contribution in [1.82, 2.24) is 20.0 Å². The third-order valence-electron chi connectivity index (χ3n) is 5.09. The Morgan fingerprint density at radius 2 is 2.00 bits per heavy atom. The Morgan fingerprint density at radius 1 is 1.25 bits per heavy atom. The summed E-state index contributed by atoms with van der Waals surface area (Å²) >= 11 is 0. The Balaban J connectivity index is 1.43. The fourth-order valence-corrected chi connectivity index (χ4v) is 3.64. The van der Waals surface area contributed by atoms with Crippen molar-refractivity contribution >= 4 is 17.9 Å². The number of amides is 3. The summed E-state index contributed by atoms with van der Waals surface area (Å²) in [5, 5.41) is 7.04. The van der Waals surface area contributed by atoms with Crippen molar-refractivity contribution in [1.29, 1.82) is 0 Å². The number of aromatic nitrogens is 2. The average Bonchev–Trinajstić information content (AvgIpc) is 3.34. The van der Waals surface area contributed by atoms with Gasteiger partial charge < -0.3 is 14.4 Å². The number of hydrogen-bond donors (Lipinski definition) is 1.